The number of carbonyl (C=O) groups is 1. The number of rotatable bonds is 2. The van der Waals surface area contributed by atoms with Crippen molar-refractivity contribution in [2.75, 3.05) is 18.4 Å². The number of aryl methyl sites for hydroxylation is 1. The van der Waals surface area contributed by atoms with Gasteiger partial charge in [0.25, 0.3) is 5.91 Å². The van der Waals surface area contributed by atoms with E-state index >= 15 is 0 Å². The topological polar surface area (TPSA) is 63.1 Å². The van der Waals surface area contributed by atoms with E-state index in [0.29, 0.717) is 30.2 Å². The Bertz CT molecular complexity index is 977. The van der Waals surface area contributed by atoms with Gasteiger partial charge < -0.3 is 10.2 Å². The maximum absolute atomic E-state index is 14.0. The van der Waals surface area contributed by atoms with Gasteiger partial charge in [-0.1, -0.05) is 20.8 Å². The Morgan fingerprint density at radius 1 is 1.22 bits per heavy atom. The summed E-state index contributed by atoms with van der Waals surface area (Å²) in [6, 6.07) is 3.21. The minimum atomic E-state index is -4.39. The second kappa shape index (κ2) is 8.08. The molecule has 1 N–H and O–H groups in total. The largest absolute Gasteiger partial charge is 0.410 e. The summed E-state index contributed by atoms with van der Waals surface area (Å²) in [6.07, 6.45) is -1.39. The van der Waals surface area contributed by atoms with E-state index in [1.165, 1.54) is 0 Å². The molecule has 3 atom stereocenters. The van der Waals surface area contributed by atoms with Crippen LogP contribution in [0, 0.1) is 12.8 Å². The number of hydrogen-bond donors (Lipinski definition) is 1. The van der Waals surface area contributed by atoms with Crippen LogP contribution >= 0.6 is 0 Å². The number of nitrogens with zero attached hydrogens (tertiary/aromatic N) is 4. The molecule has 0 radical (unpaired) electrons. The highest BCUT2D eigenvalue weighted by atomic mass is 19.4. The number of hydrogen-bond acceptors (Lipinski definition) is 4. The monoisotopic (exact) mass is 449 g/mol. The third-order valence-electron chi connectivity index (χ3n) is 6.46. The Balaban J connectivity index is 1.56. The highest BCUT2D eigenvalue weighted by Crippen LogP contribution is 2.43. The first-order valence-electron chi connectivity index (χ1n) is 11.1. The van der Waals surface area contributed by atoms with E-state index in [1.807, 2.05) is 27.7 Å². The molecule has 1 amide bonds. The van der Waals surface area contributed by atoms with Gasteiger partial charge in [-0.2, -0.15) is 18.3 Å². The van der Waals surface area contributed by atoms with Crippen LogP contribution in [0.3, 0.4) is 0 Å². The van der Waals surface area contributed by atoms with Gasteiger partial charge in [0.05, 0.1) is 11.3 Å². The van der Waals surface area contributed by atoms with Crippen LogP contribution in [0.15, 0.2) is 24.4 Å². The minimum Gasteiger partial charge on any atom is -0.367 e. The van der Waals surface area contributed by atoms with E-state index in [9.17, 15) is 18.0 Å². The molecular formula is C23H30F3N5O. The second-order valence-corrected chi connectivity index (χ2v) is 10.00. The van der Waals surface area contributed by atoms with Crippen molar-refractivity contribution in [3.63, 3.8) is 0 Å². The summed E-state index contributed by atoms with van der Waals surface area (Å²) in [7, 11) is 0. The van der Waals surface area contributed by atoms with Crippen molar-refractivity contribution in [1.82, 2.24) is 19.7 Å². The van der Waals surface area contributed by atoms with Crippen LogP contribution in [0.4, 0.5) is 19.0 Å². The molecule has 0 spiro atoms. The molecule has 2 aromatic heterocycles. The van der Waals surface area contributed by atoms with Gasteiger partial charge in [0.15, 0.2) is 6.04 Å². The van der Waals surface area contributed by atoms with Gasteiger partial charge in [-0.3, -0.25) is 9.78 Å². The fraction of sp³-hybridized carbons (Fsp3) is 0.609. The first kappa shape index (κ1) is 22.6. The highest BCUT2D eigenvalue weighted by Gasteiger charge is 2.48. The van der Waals surface area contributed by atoms with Crippen LogP contribution < -0.4 is 5.32 Å². The van der Waals surface area contributed by atoms with E-state index in [1.54, 1.807) is 29.3 Å². The maximum atomic E-state index is 14.0. The second-order valence-electron chi connectivity index (χ2n) is 10.00. The van der Waals surface area contributed by atoms with E-state index < -0.39 is 12.2 Å². The van der Waals surface area contributed by atoms with Crippen molar-refractivity contribution in [3.8, 4) is 0 Å². The van der Waals surface area contributed by atoms with Crippen LogP contribution in [-0.4, -0.2) is 50.9 Å². The van der Waals surface area contributed by atoms with Crippen LogP contribution in [0.5, 0.6) is 0 Å². The van der Waals surface area contributed by atoms with Crippen LogP contribution in [0.2, 0.25) is 0 Å². The fourth-order valence-corrected chi connectivity index (χ4v) is 4.58. The van der Waals surface area contributed by atoms with Crippen molar-refractivity contribution < 1.29 is 18.0 Å². The van der Waals surface area contributed by atoms with Gasteiger partial charge in [0.1, 0.15) is 5.82 Å². The molecule has 0 bridgehead atoms. The molecule has 0 aliphatic carbocycles. The molecular weight excluding hydrogens is 419 g/mol. The van der Waals surface area contributed by atoms with Crippen LogP contribution in [-0.2, 0) is 5.41 Å². The molecule has 4 heterocycles. The number of amides is 1. The number of nitrogens with one attached hydrogen (secondary N) is 1. The lowest BCUT2D eigenvalue weighted by Gasteiger charge is -2.41. The van der Waals surface area contributed by atoms with E-state index in [0.717, 1.165) is 23.2 Å². The number of halogens is 3. The zero-order valence-corrected chi connectivity index (χ0v) is 18.9. The maximum Gasteiger partial charge on any atom is 0.410 e. The lowest BCUT2D eigenvalue weighted by molar-refractivity contribution is -0.174. The summed E-state index contributed by atoms with van der Waals surface area (Å²) in [5.41, 5.74) is 1.61. The van der Waals surface area contributed by atoms with Gasteiger partial charge in [-0.25, -0.2) is 4.68 Å². The summed E-state index contributed by atoms with van der Waals surface area (Å²) in [6.45, 7) is 8.69. The average Bonchev–Trinajstić information content (AvgIpc) is 3.17. The molecule has 0 saturated carbocycles. The lowest BCUT2D eigenvalue weighted by atomic mass is 9.85. The average molecular weight is 450 g/mol. The summed E-state index contributed by atoms with van der Waals surface area (Å²) in [5.74, 6) is 0.211. The molecule has 1 saturated heterocycles. The number of carbonyl (C=O) groups excluding carboxylic acids is 1. The van der Waals surface area contributed by atoms with Crippen molar-refractivity contribution in [2.45, 2.75) is 70.6 Å². The zero-order chi connectivity index (χ0) is 23.3. The molecule has 6 nitrogen and oxygen atoms in total. The lowest BCUT2D eigenvalue weighted by Crippen LogP contribution is -2.49. The Labute approximate surface area is 186 Å². The number of likely N-dealkylation sites (tertiary alicyclic amines) is 1. The van der Waals surface area contributed by atoms with Gasteiger partial charge in [0.2, 0.25) is 0 Å². The summed E-state index contributed by atoms with van der Waals surface area (Å²) < 4.78 is 43.0. The van der Waals surface area contributed by atoms with Gasteiger partial charge in [-0.05, 0) is 44.2 Å². The Morgan fingerprint density at radius 2 is 1.97 bits per heavy atom. The molecule has 1 unspecified atom stereocenters. The molecule has 9 heteroatoms. The molecule has 2 aliphatic heterocycles. The van der Waals surface area contributed by atoms with Crippen molar-refractivity contribution in [2.24, 2.45) is 5.92 Å². The quantitative estimate of drug-likeness (QED) is 0.721. The predicted octanol–water partition coefficient (Wildman–Crippen LogP) is 4.72. The minimum absolute atomic E-state index is 0.0716. The Hall–Kier alpha value is -2.58. The smallest absolute Gasteiger partial charge is 0.367 e. The summed E-state index contributed by atoms with van der Waals surface area (Å²) >= 11 is 0. The molecule has 4 rings (SSSR count). The van der Waals surface area contributed by atoms with Crippen molar-refractivity contribution >= 4 is 11.7 Å². The molecule has 2 aromatic rings. The standard InChI is InChI=1S/C23H30F3N5O/c1-14-7-8-15(12-27-14)21(32)30-9-5-6-16(13-30)17-10-19(23(24,25)26)31-20(28-17)11-18(29-31)22(2,3)4/h7-8,11-12,16-17,19,28H,5-6,9-10,13H2,1-4H3/t16?,17-,19+/m0/s1. The fourth-order valence-electron chi connectivity index (χ4n) is 4.58. The molecule has 2 aliphatic rings. The number of fused-ring (bicyclic) bond motifs is 1. The number of pyridine rings is 1. The van der Waals surface area contributed by atoms with Crippen LogP contribution in [0.1, 0.15) is 67.8 Å². The molecule has 32 heavy (non-hydrogen) atoms. The number of piperidine rings is 1. The van der Waals surface area contributed by atoms with Crippen molar-refractivity contribution in [1.29, 1.82) is 0 Å². The SMILES string of the molecule is Cc1ccc(C(=O)N2CCCC([C@@H]3C[C@H](C(F)(F)F)n4nc(C(C)(C)C)cc4N3)C2)cn1. The van der Waals surface area contributed by atoms with Crippen LogP contribution in [0.25, 0.3) is 0 Å². The van der Waals surface area contributed by atoms with Gasteiger partial charge in [0, 0.05) is 42.5 Å². The van der Waals surface area contributed by atoms with Gasteiger partial charge >= 0.3 is 6.18 Å². The number of alkyl halides is 3. The number of anilines is 1. The predicted molar refractivity (Wildman–Crippen MR) is 116 cm³/mol. The Kier molecular flexibility index (Phi) is 5.71. The zero-order valence-electron chi connectivity index (χ0n) is 18.9. The summed E-state index contributed by atoms with van der Waals surface area (Å²) in [4.78, 5) is 18.9. The first-order valence-corrected chi connectivity index (χ1v) is 11.1. The third-order valence-corrected chi connectivity index (χ3v) is 6.46. The van der Waals surface area contributed by atoms with E-state index in [-0.39, 0.29) is 29.7 Å². The summed E-state index contributed by atoms with van der Waals surface area (Å²) in [5, 5.41) is 7.62. The third kappa shape index (κ3) is 4.47. The number of aromatic nitrogens is 3. The first-order chi connectivity index (χ1) is 14.9. The normalized spacial score (nSPS) is 24.1. The van der Waals surface area contributed by atoms with Gasteiger partial charge in [-0.15, -0.1) is 0 Å². The van der Waals surface area contributed by atoms with E-state index in [4.69, 9.17) is 0 Å². The van der Waals surface area contributed by atoms with Crippen molar-refractivity contribution in [3.05, 3.63) is 41.3 Å². The van der Waals surface area contributed by atoms with E-state index in [2.05, 4.69) is 15.4 Å². The Morgan fingerprint density at radius 3 is 2.59 bits per heavy atom. The highest BCUT2D eigenvalue weighted by molar-refractivity contribution is 5.94. The molecule has 174 valence electrons. The molecule has 1 fully saturated rings. The molecule has 0 aromatic carbocycles.